The highest BCUT2D eigenvalue weighted by atomic mass is 35.5. The molecule has 0 saturated heterocycles. The average molecular weight is 300 g/mol. The average Bonchev–Trinajstić information content (AvgIpc) is 2.84. The van der Waals surface area contributed by atoms with Gasteiger partial charge in [0.25, 0.3) is 0 Å². The van der Waals surface area contributed by atoms with Gasteiger partial charge in [0.2, 0.25) is 11.8 Å². The Hall–Kier alpha value is -1.37. The molecule has 102 valence electrons. The van der Waals surface area contributed by atoms with Gasteiger partial charge in [-0.15, -0.1) is 11.3 Å². The summed E-state index contributed by atoms with van der Waals surface area (Å²) in [5.41, 5.74) is 0.801. The molecule has 19 heavy (non-hydrogen) atoms. The lowest BCUT2D eigenvalue weighted by atomic mass is 10.3. The smallest absolute Gasteiger partial charge is 0.224 e. The summed E-state index contributed by atoms with van der Waals surface area (Å²) in [5, 5.41) is 3.29. The molecule has 0 amide bonds. The van der Waals surface area contributed by atoms with Crippen molar-refractivity contribution in [2.24, 2.45) is 0 Å². The van der Waals surface area contributed by atoms with Gasteiger partial charge in [-0.3, -0.25) is 0 Å². The number of hydrogen-bond acceptors (Lipinski definition) is 6. The van der Waals surface area contributed by atoms with Gasteiger partial charge in [0.15, 0.2) is 0 Å². The molecular weight excluding hydrogens is 286 g/mol. The second kappa shape index (κ2) is 6.70. The molecule has 1 N–H and O–H groups in total. The van der Waals surface area contributed by atoms with E-state index in [2.05, 4.69) is 15.3 Å². The summed E-state index contributed by atoms with van der Waals surface area (Å²) in [7, 11) is 3.15. The van der Waals surface area contributed by atoms with E-state index in [9.17, 15) is 0 Å². The summed E-state index contributed by atoms with van der Waals surface area (Å²) in [6, 6.07) is 3.88. The van der Waals surface area contributed by atoms with Crippen LogP contribution in [-0.4, -0.2) is 24.2 Å². The minimum Gasteiger partial charge on any atom is -0.481 e. The SMILES string of the molecule is COc1ncnc(OC)c1CNCc1ccc(Cl)s1. The molecule has 2 aromatic rings. The van der Waals surface area contributed by atoms with Crippen molar-refractivity contribution in [2.75, 3.05) is 14.2 Å². The van der Waals surface area contributed by atoms with E-state index >= 15 is 0 Å². The third-order valence-corrected chi connectivity index (χ3v) is 3.71. The van der Waals surface area contributed by atoms with Crippen LogP contribution in [-0.2, 0) is 13.1 Å². The van der Waals surface area contributed by atoms with Gasteiger partial charge < -0.3 is 14.8 Å². The molecule has 2 heterocycles. The molecule has 0 aliphatic carbocycles. The third-order valence-electron chi connectivity index (χ3n) is 2.48. The molecule has 0 unspecified atom stereocenters. The van der Waals surface area contributed by atoms with Crippen molar-refractivity contribution in [2.45, 2.75) is 13.1 Å². The van der Waals surface area contributed by atoms with E-state index in [1.165, 1.54) is 11.2 Å². The molecule has 0 spiro atoms. The molecule has 0 aromatic carbocycles. The number of methoxy groups -OCH3 is 2. The first-order valence-electron chi connectivity index (χ1n) is 5.61. The van der Waals surface area contributed by atoms with E-state index in [-0.39, 0.29) is 0 Å². The van der Waals surface area contributed by atoms with Crippen LogP contribution in [0.3, 0.4) is 0 Å². The monoisotopic (exact) mass is 299 g/mol. The van der Waals surface area contributed by atoms with E-state index in [0.29, 0.717) is 18.3 Å². The fourth-order valence-corrected chi connectivity index (χ4v) is 2.70. The van der Waals surface area contributed by atoms with Crippen LogP contribution in [0.25, 0.3) is 0 Å². The fraction of sp³-hybridized carbons (Fsp3) is 0.333. The zero-order chi connectivity index (χ0) is 13.7. The van der Waals surface area contributed by atoms with Crippen molar-refractivity contribution in [3.8, 4) is 11.8 Å². The normalized spacial score (nSPS) is 10.5. The molecular formula is C12H14ClN3O2S. The summed E-state index contributed by atoms with van der Waals surface area (Å²) in [4.78, 5) is 9.29. The number of thiophene rings is 1. The maximum atomic E-state index is 5.88. The largest absolute Gasteiger partial charge is 0.481 e. The molecule has 5 nitrogen and oxygen atoms in total. The van der Waals surface area contributed by atoms with Crippen LogP contribution in [0.5, 0.6) is 11.8 Å². The Morgan fingerprint density at radius 1 is 1.16 bits per heavy atom. The minimum atomic E-state index is 0.517. The predicted molar refractivity (Wildman–Crippen MR) is 75.0 cm³/mol. The topological polar surface area (TPSA) is 56.3 Å². The molecule has 0 saturated carbocycles. The van der Waals surface area contributed by atoms with E-state index in [0.717, 1.165) is 16.4 Å². The number of nitrogens with zero attached hydrogens (tertiary/aromatic N) is 2. The molecule has 0 radical (unpaired) electrons. The van der Waals surface area contributed by atoms with Crippen LogP contribution >= 0.6 is 22.9 Å². The van der Waals surface area contributed by atoms with Crippen LogP contribution < -0.4 is 14.8 Å². The molecule has 0 atom stereocenters. The lowest BCUT2D eigenvalue weighted by molar-refractivity contribution is 0.359. The lowest BCUT2D eigenvalue weighted by Gasteiger charge is -2.11. The van der Waals surface area contributed by atoms with Gasteiger partial charge in [-0.25, -0.2) is 9.97 Å². The zero-order valence-corrected chi connectivity index (χ0v) is 12.2. The highest BCUT2D eigenvalue weighted by molar-refractivity contribution is 7.16. The van der Waals surface area contributed by atoms with Gasteiger partial charge >= 0.3 is 0 Å². The predicted octanol–water partition coefficient (Wildman–Crippen LogP) is 2.50. The first-order valence-corrected chi connectivity index (χ1v) is 6.80. The van der Waals surface area contributed by atoms with Crippen LogP contribution in [0.15, 0.2) is 18.5 Å². The Bertz CT molecular complexity index is 525. The molecule has 0 bridgehead atoms. The van der Waals surface area contributed by atoms with Crippen LogP contribution in [0, 0.1) is 0 Å². The summed E-state index contributed by atoms with van der Waals surface area (Å²) in [5.74, 6) is 1.03. The number of ether oxygens (including phenoxy) is 2. The number of aromatic nitrogens is 2. The van der Waals surface area contributed by atoms with Crippen LogP contribution in [0.4, 0.5) is 0 Å². The van der Waals surface area contributed by atoms with Crippen molar-refractivity contribution in [1.29, 1.82) is 0 Å². The van der Waals surface area contributed by atoms with Crippen molar-refractivity contribution >= 4 is 22.9 Å². The molecule has 2 aromatic heterocycles. The highest BCUT2D eigenvalue weighted by Crippen LogP contribution is 2.24. The van der Waals surface area contributed by atoms with Crippen molar-refractivity contribution < 1.29 is 9.47 Å². The van der Waals surface area contributed by atoms with Gasteiger partial charge in [-0.2, -0.15) is 0 Å². The molecule has 0 aliphatic heterocycles. The van der Waals surface area contributed by atoms with E-state index in [1.54, 1.807) is 25.6 Å². The minimum absolute atomic E-state index is 0.517. The van der Waals surface area contributed by atoms with Crippen molar-refractivity contribution in [3.05, 3.63) is 33.2 Å². The second-order valence-electron chi connectivity index (χ2n) is 3.68. The highest BCUT2D eigenvalue weighted by Gasteiger charge is 2.12. The Morgan fingerprint density at radius 2 is 1.84 bits per heavy atom. The van der Waals surface area contributed by atoms with Crippen molar-refractivity contribution in [3.63, 3.8) is 0 Å². The number of nitrogens with one attached hydrogen (secondary N) is 1. The molecule has 0 fully saturated rings. The first-order chi connectivity index (χ1) is 9.24. The third kappa shape index (κ3) is 3.56. The quantitative estimate of drug-likeness (QED) is 0.888. The Kier molecular flexibility index (Phi) is 4.95. The summed E-state index contributed by atoms with van der Waals surface area (Å²) in [6.45, 7) is 1.28. The summed E-state index contributed by atoms with van der Waals surface area (Å²) < 4.78 is 11.2. The van der Waals surface area contributed by atoms with E-state index < -0.39 is 0 Å². The Morgan fingerprint density at radius 3 is 2.37 bits per heavy atom. The summed E-state index contributed by atoms with van der Waals surface area (Å²) in [6.07, 6.45) is 1.42. The number of halogens is 1. The summed E-state index contributed by atoms with van der Waals surface area (Å²) >= 11 is 7.43. The number of hydrogen-bond donors (Lipinski definition) is 1. The zero-order valence-electron chi connectivity index (χ0n) is 10.6. The molecule has 7 heteroatoms. The van der Waals surface area contributed by atoms with Gasteiger partial charge in [0, 0.05) is 18.0 Å². The second-order valence-corrected chi connectivity index (χ2v) is 5.48. The van der Waals surface area contributed by atoms with Crippen molar-refractivity contribution in [1.82, 2.24) is 15.3 Å². The first kappa shape index (κ1) is 14.0. The lowest BCUT2D eigenvalue weighted by Crippen LogP contribution is -2.14. The van der Waals surface area contributed by atoms with E-state index in [1.807, 2.05) is 12.1 Å². The van der Waals surface area contributed by atoms with Gasteiger partial charge in [0.1, 0.15) is 6.33 Å². The fourth-order valence-electron chi connectivity index (χ4n) is 1.64. The van der Waals surface area contributed by atoms with Crippen LogP contribution in [0.2, 0.25) is 4.34 Å². The standard InChI is InChI=1S/C12H14ClN3O2S/c1-17-11-9(12(18-2)16-7-15-11)6-14-5-8-3-4-10(13)19-8/h3-4,7,14H,5-6H2,1-2H3. The Balaban J connectivity index is 2.02. The number of rotatable bonds is 6. The van der Waals surface area contributed by atoms with E-state index in [4.69, 9.17) is 21.1 Å². The maximum Gasteiger partial charge on any atom is 0.224 e. The molecule has 0 aliphatic rings. The van der Waals surface area contributed by atoms with Gasteiger partial charge in [0.05, 0.1) is 24.1 Å². The van der Waals surface area contributed by atoms with Gasteiger partial charge in [-0.05, 0) is 12.1 Å². The Labute approximate surface area is 120 Å². The molecule has 2 rings (SSSR count). The maximum absolute atomic E-state index is 5.88. The van der Waals surface area contributed by atoms with Crippen LogP contribution in [0.1, 0.15) is 10.4 Å². The van der Waals surface area contributed by atoms with Gasteiger partial charge in [-0.1, -0.05) is 11.6 Å².